The summed E-state index contributed by atoms with van der Waals surface area (Å²) in [5.41, 5.74) is 0. The van der Waals surface area contributed by atoms with Crippen molar-refractivity contribution in [2.45, 2.75) is 20.0 Å². The van der Waals surface area contributed by atoms with Gasteiger partial charge in [-0.2, -0.15) is 4.20 Å². The first-order valence-corrected chi connectivity index (χ1v) is 4.33. The number of hydrogen-bond acceptors (Lipinski definition) is 2. The first-order chi connectivity index (χ1) is 3.42. The standard InChI is InChI=1S/C4H10FO2P.Cr/c1-4(2)7-8(3,5)6;/h4H,1-3H3;. The summed E-state index contributed by atoms with van der Waals surface area (Å²) < 4.78 is 26.4. The molecule has 2 nitrogen and oxygen atoms in total. The molecule has 0 aliphatic carbocycles. The van der Waals surface area contributed by atoms with E-state index in [4.69, 9.17) is 0 Å². The van der Waals surface area contributed by atoms with Crippen LogP contribution in [0.5, 0.6) is 0 Å². The molecule has 0 aromatic rings. The molecule has 1 unspecified atom stereocenters. The third kappa shape index (κ3) is 12.0. The summed E-state index contributed by atoms with van der Waals surface area (Å²) in [7, 11) is -3.72. The van der Waals surface area contributed by atoms with Crippen molar-refractivity contribution < 1.29 is 30.6 Å². The maximum atomic E-state index is 12.0. The molecule has 0 spiro atoms. The largest absolute Gasteiger partial charge is 0.364 e. The summed E-state index contributed by atoms with van der Waals surface area (Å²) in [5.74, 6) is 0. The van der Waals surface area contributed by atoms with Gasteiger partial charge in [0.15, 0.2) is 0 Å². The number of halogens is 1. The van der Waals surface area contributed by atoms with Crippen LogP contribution in [0.25, 0.3) is 0 Å². The van der Waals surface area contributed by atoms with Crippen molar-refractivity contribution in [2.75, 3.05) is 6.66 Å². The van der Waals surface area contributed by atoms with Crippen molar-refractivity contribution in [3.05, 3.63) is 0 Å². The Labute approximate surface area is 65.5 Å². The van der Waals surface area contributed by atoms with Gasteiger partial charge in [0.05, 0.1) is 6.10 Å². The van der Waals surface area contributed by atoms with Crippen LogP contribution in [0.2, 0.25) is 0 Å². The summed E-state index contributed by atoms with van der Waals surface area (Å²) in [5, 5.41) is 0. The van der Waals surface area contributed by atoms with Gasteiger partial charge in [-0.3, -0.25) is 4.57 Å². The monoisotopic (exact) mass is 192 g/mol. The molecule has 56 valence electrons. The summed E-state index contributed by atoms with van der Waals surface area (Å²) in [4.78, 5) is 0. The Morgan fingerprint density at radius 1 is 1.56 bits per heavy atom. The summed E-state index contributed by atoms with van der Waals surface area (Å²) in [6.07, 6.45) is -0.296. The molecular formula is C4H10CrFO2P. The van der Waals surface area contributed by atoms with E-state index in [1.807, 2.05) is 0 Å². The molecule has 0 aliphatic heterocycles. The fraction of sp³-hybridized carbons (Fsp3) is 1.00. The summed E-state index contributed by atoms with van der Waals surface area (Å²) in [6, 6.07) is 0. The Hall–Kier alpha value is 0.652. The van der Waals surface area contributed by atoms with E-state index in [9.17, 15) is 8.76 Å². The van der Waals surface area contributed by atoms with E-state index < -0.39 is 7.68 Å². The van der Waals surface area contributed by atoms with Gasteiger partial charge in [0.1, 0.15) is 0 Å². The molecule has 5 heteroatoms. The molecule has 0 aliphatic rings. The Morgan fingerprint density at radius 3 is 1.89 bits per heavy atom. The van der Waals surface area contributed by atoms with E-state index in [0.29, 0.717) is 0 Å². The van der Waals surface area contributed by atoms with Crippen molar-refractivity contribution >= 4 is 7.68 Å². The maximum absolute atomic E-state index is 12.0. The van der Waals surface area contributed by atoms with Crippen LogP contribution in [-0.2, 0) is 26.4 Å². The molecule has 0 rings (SSSR count). The van der Waals surface area contributed by atoms with Crippen LogP contribution in [0.4, 0.5) is 4.20 Å². The Morgan fingerprint density at radius 2 is 1.89 bits per heavy atom. The average molecular weight is 192 g/mol. The molecule has 0 aromatic carbocycles. The zero-order valence-corrected chi connectivity index (χ0v) is 7.80. The van der Waals surface area contributed by atoms with Crippen LogP contribution in [-0.4, -0.2) is 12.8 Å². The number of rotatable bonds is 2. The van der Waals surface area contributed by atoms with Gasteiger partial charge in [0.25, 0.3) is 0 Å². The molecule has 0 bridgehead atoms. The van der Waals surface area contributed by atoms with Crippen LogP contribution >= 0.6 is 7.68 Å². The minimum Gasteiger partial charge on any atom is -0.303 e. The van der Waals surface area contributed by atoms with Crippen LogP contribution in [0, 0.1) is 0 Å². The van der Waals surface area contributed by atoms with Crippen molar-refractivity contribution in [3.63, 3.8) is 0 Å². The van der Waals surface area contributed by atoms with E-state index >= 15 is 0 Å². The van der Waals surface area contributed by atoms with E-state index in [1.165, 1.54) is 0 Å². The summed E-state index contributed by atoms with van der Waals surface area (Å²) in [6.45, 7) is 4.22. The molecule has 0 saturated heterocycles. The van der Waals surface area contributed by atoms with Gasteiger partial charge in [0, 0.05) is 24.0 Å². The fourth-order valence-electron chi connectivity index (χ4n) is 0.377. The molecule has 0 saturated carbocycles. The first kappa shape index (κ1) is 12.3. The van der Waals surface area contributed by atoms with Gasteiger partial charge < -0.3 is 4.52 Å². The first-order valence-electron chi connectivity index (χ1n) is 2.37. The minimum absolute atomic E-state index is 0. The normalized spacial score (nSPS) is 16.6. The van der Waals surface area contributed by atoms with Gasteiger partial charge in [-0.1, -0.05) is 0 Å². The molecule has 0 heterocycles. The van der Waals surface area contributed by atoms with E-state index in [1.54, 1.807) is 13.8 Å². The predicted molar refractivity (Wildman–Crippen MR) is 30.9 cm³/mol. The van der Waals surface area contributed by atoms with E-state index in [2.05, 4.69) is 4.52 Å². The van der Waals surface area contributed by atoms with Gasteiger partial charge in [-0.15, -0.1) is 0 Å². The zero-order valence-electron chi connectivity index (χ0n) is 5.63. The molecule has 1 atom stereocenters. The van der Waals surface area contributed by atoms with E-state index in [-0.39, 0.29) is 23.5 Å². The molecule has 0 aromatic heterocycles. The topological polar surface area (TPSA) is 26.3 Å². The quantitative estimate of drug-likeness (QED) is 0.627. The Balaban J connectivity index is 0. The second-order valence-electron chi connectivity index (χ2n) is 1.90. The summed E-state index contributed by atoms with van der Waals surface area (Å²) >= 11 is 0. The van der Waals surface area contributed by atoms with Crippen molar-refractivity contribution in [1.82, 2.24) is 0 Å². The SMILES string of the molecule is CC(C)OP(C)(=O)F.[Cr]. The van der Waals surface area contributed by atoms with Crippen LogP contribution in [0.15, 0.2) is 0 Å². The molecule has 9 heavy (non-hydrogen) atoms. The Bertz CT molecular complexity index is 111. The van der Waals surface area contributed by atoms with Gasteiger partial charge >= 0.3 is 7.68 Å². The van der Waals surface area contributed by atoms with E-state index in [0.717, 1.165) is 6.66 Å². The van der Waals surface area contributed by atoms with Crippen LogP contribution in [0.1, 0.15) is 13.8 Å². The predicted octanol–water partition coefficient (Wildman–Crippen LogP) is 2.20. The van der Waals surface area contributed by atoms with Gasteiger partial charge in [-0.25, -0.2) is 0 Å². The van der Waals surface area contributed by atoms with Crippen LogP contribution in [0.3, 0.4) is 0 Å². The second kappa shape index (κ2) is 4.47. The van der Waals surface area contributed by atoms with Crippen molar-refractivity contribution in [3.8, 4) is 0 Å². The molecule has 0 fully saturated rings. The zero-order chi connectivity index (χ0) is 6.78. The van der Waals surface area contributed by atoms with Crippen molar-refractivity contribution in [1.29, 1.82) is 0 Å². The third-order valence-electron chi connectivity index (χ3n) is 0.399. The maximum Gasteiger partial charge on any atom is 0.364 e. The molecular weight excluding hydrogens is 182 g/mol. The second-order valence-corrected chi connectivity index (χ2v) is 3.61. The smallest absolute Gasteiger partial charge is 0.303 e. The van der Waals surface area contributed by atoms with Crippen molar-refractivity contribution in [2.24, 2.45) is 0 Å². The molecule has 0 N–H and O–H groups in total. The molecule has 0 radical (unpaired) electrons. The van der Waals surface area contributed by atoms with Gasteiger partial charge in [-0.05, 0) is 13.8 Å². The van der Waals surface area contributed by atoms with Gasteiger partial charge in [0.2, 0.25) is 0 Å². The fourth-order valence-corrected chi connectivity index (χ4v) is 1.13. The third-order valence-corrected chi connectivity index (χ3v) is 1.20. The average Bonchev–Trinajstić information content (AvgIpc) is 1.21. The Kier molecular flexibility index (Phi) is 6.12. The molecule has 0 amide bonds. The minimum atomic E-state index is -3.72. The van der Waals surface area contributed by atoms with Crippen LogP contribution < -0.4 is 0 Å². The number of hydrogen-bond donors (Lipinski definition) is 0.